The Morgan fingerprint density at radius 1 is 0.625 bits per heavy atom. The molecule has 2 aromatic rings. The van der Waals surface area contributed by atoms with E-state index in [1.807, 2.05) is 0 Å². The van der Waals surface area contributed by atoms with E-state index in [2.05, 4.69) is 0 Å². The number of carbonyl (C=O) groups is 3. The molecule has 1 aliphatic heterocycles. The van der Waals surface area contributed by atoms with E-state index in [-0.39, 0.29) is 68.6 Å². The molecule has 2 amide bonds. The number of imide groups is 1. The molecule has 0 bridgehead atoms. The predicted octanol–water partition coefficient (Wildman–Crippen LogP) is 8.38. The second-order valence-electron chi connectivity index (χ2n) is 5.87. The summed E-state index contributed by atoms with van der Waals surface area (Å²) in [7, 11) is 0. The summed E-state index contributed by atoms with van der Waals surface area (Å²) in [6.07, 6.45) is -1.28. The van der Waals surface area contributed by atoms with Gasteiger partial charge in [-0.25, -0.2) is 4.79 Å². The minimum Gasteiger partial charge on any atom is -0.432 e. The van der Waals surface area contributed by atoms with E-state index >= 15 is 0 Å². The van der Waals surface area contributed by atoms with Gasteiger partial charge in [0.15, 0.2) is 5.75 Å². The first-order valence-electron chi connectivity index (χ1n) is 7.98. The third-order valence-electron chi connectivity index (χ3n) is 4.07. The molecule has 1 heterocycles. The summed E-state index contributed by atoms with van der Waals surface area (Å²) in [6.45, 7) is -0.835. The Bertz CT molecular complexity index is 1120. The average molecular weight is 621 g/mol. The molecule has 0 aromatic heterocycles. The summed E-state index contributed by atoms with van der Waals surface area (Å²) in [4.78, 5) is 38.0. The van der Waals surface area contributed by atoms with Crippen LogP contribution in [0.15, 0.2) is 0 Å². The first kappa shape index (κ1) is 26.1. The van der Waals surface area contributed by atoms with Crippen molar-refractivity contribution in [2.75, 3.05) is 13.2 Å². The van der Waals surface area contributed by atoms with Crippen molar-refractivity contribution in [3.63, 3.8) is 0 Å². The smallest absolute Gasteiger partial charge is 0.432 e. The van der Waals surface area contributed by atoms with Gasteiger partial charge >= 0.3 is 6.16 Å². The van der Waals surface area contributed by atoms with Gasteiger partial charge in [-0.1, -0.05) is 104 Å². The number of fused-ring (bicyclic) bond motifs is 1. The minimum absolute atomic E-state index is 0.132. The maximum absolute atomic E-state index is 12.6. The maximum Gasteiger partial charge on any atom is 0.514 e. The number of hydrogen-bond donors (Lipinski definition) is 0. The van der Waals surface area contributed by atoms with E-state index in [1.54, 1.807) is 0 Å². The standard InChI is InChI=1S/C17H4Cl9NO5/c18-5-3-4(6(19)8(21)7(5)20)16(29)27(15(3)28)1-2-31-17(30)32-14-12(25)10(23)9(22)11(24)13(14)26/h1-2H2. The molecule has 0 atom stereocenters. The SMILES string of the molecule is O=C(OCCN1C(=O)c2c(Cl)c(Cl)c(Cl)c(Cl)c2C1=O)Oc1c(Cl)c(Cl)c(Cl)c(Cl)c1Cl. The summed E-state index contributed by atoms with van der Waals surface area (Å²) in [5.41, 5.74) is -0.412. The van der Waals surface area contributed by atoms with Crippen LogP contribution >= 0.6 is 104 Å². The molecule has 3 rings (SSSR count). The van der Waals surface area contributed by atoms with Gasteiger partial charge < -0.3 is 9.47 Å². The van der Waals surface area contributed by atoms with Crippen LogP contribution in [0.1, 0.15) is 20.7 Å². The van der Waals surface area contributed by atoms with Crippen LogP contribution in [-0.2, 0) is 4.74 Å². The highest BCUT2D eigenvalue weighted by Crippen LogP contribution is 2.48. The van der Waals surface area contributed by atoms with Gasteiger partial charge in [0.2, 0.25) is 0 Å². The van der Waals surface area contributed by atoms with Crippen molar-refractivity contribution >= 4 is 122 Å². The lowest BCUT2D eigenvalue weighted by Gasteiger charge is -2.15. The van der Waals surface area contributed by atoms with Crippen LogP contribution in [0.25, 0.3) is 0 Å². The lowest BCUT2D eigenvalue weighted by Crippen LogP contribution is -2.33. The summed E-state index contributed by atoms with van der Waals surface area (Å²) < 4.78 is 9.79. The fourth-order valence-electron chi connectivity index (χ4n) is 2.61. The molecule has 0 N–H and O–H groups in total. The zero-order valence-electron chi connectivity index (χ0n) is 14.8. The van der Waals surface area contributed by atoms with Crippen molar-refractivity contribution in [1.82, 2.24) is 4.90 Å². The van der Waals surface area contributed by atoms with Crippen LogP contribution < -0.4 is 4.74 Å². The second-order valence-corrected chi connectivity index (χ2v) is 9.27. The molecular formula is C17H4Cl9NO5. The third-order valence-corrected chi connectivity index (χ3v) is 8.12. The summed E-state index contributed by atoms with van der Waals surface area (Å²) in [5.74, 6) is -1.98. The molecule has 0 fully saturated rings. The Morgan fingerprint density at radius 2 is 1.00 bits per heavy atom. The lowest BCUT2D eigenvalue weighted by atomic mass is 10.1. The van der Waals surface area contributed by atoms with E-state index in [0.717, 1.165) is 4.90 Å². The van der Waals surface area contributed by atoms with Gasteiger partial charge in [0, 0.05) is 0 Å². The number of benzene rings is 2. The molecule has 6 nitrogen and oxygen atoms in total. The monoisotopic (exact) mass is 617 g/mol. The lowest BCUT2D eigenvalue weighted by molar-refractivity contribution is 0.0563. The van der Waals surface area contributed by atoms with E-state index in [0.29, 0.717) is 0 Å². The highest BCUT2D eigenvalue weighted by molar-refractivity contribution is 6.56. The molecule has 0 spiro atoms. The van der Waals surface area contributed by atoms with Crippen LogP contribution in [-0.4, -0.2) is 36.0 Å². The van der Waals surface area contributed by atoms with E-state index in [9.17, 15) is 14.4 Å². The van der Waals surface area contributed by atoms with Crippen molar-refractivity contribution in [2.24, 2.45) is 0 Å². The van der Waals surface area contributed by atoms with E-state index < -0.39 is 24.6 Å². The number of halogens is 9. The zero-order valence-corrected chi connectivity index (χ0v) is 21.6. The van der Waals surface area contributed by atoms with Crippen molar-refractivity contribution in [3.05, 3.63) is 56.3 Å². The summed E-state index contributed by atoms with van der Waals surface area (Å²) in [6, 6.07) is 0. The number of ether oxygens (including phenoxy) is 2. The highest BCUT2D eigenvalue weighted by atomic mass is 35.5. The number of hydrogen-bond acceptors (Lipinski definition) is 5. The Morgan fingerprint density at radius 3 is 1.44 bits per heavy atom. The molecule has 170 valence electrons. The predicted molar refractivity (Wildman–Crippen MR) is 125 cm³/mol. The van der Waals surface area contributed by atoms with E-state index in [4.69, 9.17) is 114 Å². The fourth-order valence-corrected chi connectivity index (χ4v) is 4.82. The normalized spacial score (nSPS) is 13.0. The number of nitrogens with zero attached hydrogens (tertiary/aromatic N) is 1. The Labute approximate surface area is 225 Å². The maximum atomic E-state index is 12.6. The third kappa shape index (κ3) is 4.42. The molecule has 1 aliphatic rings. The van der Waals surface area contributed by atoms with Crippen molar-refractivity contribution in [2.45, 2.75) is 0 Å². The van der Waals surface area contributed by atoms with Gasteiger partial charge in [-0.2, -0.15) is 0 Å². The molecule has 32 heavy (non-hydrogen) atoms. The van der Waals surface area contributed by atoms with Crippen LogP contribution in [0.5, 0.6) is 5.75 Å². The number of amides is 2. The van der Waals surface area contributed by atoms with Crippen LogP contribution in [0.3, 0.4) is 0 Å². The van der Waals surface area contributed by atoms with Gasteiger partial charge in [-0.15, -0.1) is 0 Å². The zero-order chi connectivity index (χ0) is 24.1. The molecule has 0 saturated carbocycles. The van der Waals surface area contributed by atoms with Gasteiger partial charge in [0.1, 0.15) is 16.7 Å². The Balaban J connectivity index is 1.71. The van der Waals surface area contributed by atoms with Gasteiger partial charge in [-0.05, 0) is 0 Å². The average Bonchev–Trinajstić information content (AvgIpc) is 3.01. The molecule has 0 saturated heterocycles. The fraction of sp³-hybridized carbons (Fsp3) is 0.118. The summed E-state index contributed by atoms with van der Waals surface area (Å²) in [5, 5.41) is -1.86. The van der Waals surface area contributed by atoms with Gasteiger partial charge in [0.05, 0.1) is 52.8 Å². The summed E-state index contributed by atoms with van der Waals surface area (Å²) >= 11 is 53.6. The molecule has 15 heteroatoms. The Kier molecular flexibility index (Phi) is 8.13. The molecule has 0 aliphatic carbocycles. The number of carbonyl (C=O) groups excluding carboxylic acids is 3. The van der Waals surface area contributed by atoms with Gasteiger partial charge in [0.25, 0.3) is 11.8 Å². The van der Waals surface area contributed by atoms with Crippen LogP contribution in [0, 0.1) is 0 Å². The topological polar surface area (TPSA) is 72.9 Å². The largest absolute Gasteiger partial charge is 0.514 e. The molecule has 0 unspecified atom stereocenters. The second kappa shape index (κ2) is 9.98. The molecule has 0 radical (unpaired) electrons. The quantitative estimate of drug-likeness (QED) is 0.113. The first-order chi connectivity index (χ1) is 14.9. The van der Waals surface area contributed by atoms with Gasteiger partial charge in [-0.3, -0.25) is 14.5 Å². The van der Waals surface area contributed by atoms with Crippen molar-refractivity contribution in [3.8, 4) is 5.75 Å². The van der Waals surface area contributed by atoms with Crippen molar-refractivity contribution < 1.29 is 23.9 Å². The molecule has 2 aromatic carbocycles. The minimum atomic E-state index is -1.28. The first-order valence-corrected chi connectivity index (χ1v) is 11.4. The molecular weight excluding hydrogens is 617 g/mol. The van der Waals surface area contributed by atoms with Crippen LogP contribution in [0.2, 0.25) is 45.2 Å². The highest BCUT2D eigenvalue weighted by Gasteiger charge is 2.41. The Hall–Kier alpha value is -0.540. The van der Waals surface area contributed by atoms with E-state index in [1.165, 1.54) is 0 Å². The number of rotatable bonds is 4. The van der Waals surface area contributed by atoms with Crippen LogP contribution in [0.4, 0.5) is 4.79 Å². The van der Waals surface area contributed by atoms with Crippen molar-refractivity contribution in [1.29, 1.82) is 0 Å².